The van der Waals surface area contributed by atoms with Gasteiger partial charge in [0.2, 0.25) is 0 Å². The first-order valence-electron chi connectivity index (χ1n) is 6.31. The van der Waals surface area contributed by atoms with E-state index in [0.29, 0.717) is 5.92 Å². The first-order valence-corrected chi connectivity index (χ1v) is 6.31. The van der Waals surface area contributed by atoms with Gasteiger partial charge in [-0.05, 0) is 43.9 Å². The summed E-state index contributed by atoms with van der Waals surface area (Å²) in [5.41, 5.74) is 0.0159. The van der Waals surface area contributed by atoms with Gasteiger partial charge in [-0.2, -0.15) is 0 Å². The Labute approximate surface area is 92.4 Å². The fourth-order valence-electron chi connectivity index (χ4n) is 3.29. The van der Waals surface area contributed by atoms with Gasteiger partial charge >= 0.3 is 0 Å². The minimum atomic E-state index is 0.0159. The standard InChI is InChI=1S/C13H22O2/c1-11-3-2-6-13(11,10-14)9-12-4-7-15-8-5-12/h10-12H,2-9H2,1H3. The number of ether oxygens (including phenoxy) is 1. The number of hydrogen-bond donors (Lipinski definition) is 0. The second-order valence-corrected chi connectivity index (χ2v) is 5.40. The highest BCUT2D eigenvalue weighted by Gasteiger charge is 2.41. The van der Waals surface area contributed by atoms with Crippen LogP contribution >= 0.6 is 0 Å². The molecule has 1 aliphatic heterocycles. The van der Waals surface area contributed by atoms with Gasteiger partial charge in [0.15, 0.2) is 0 Å². The summed E-state index contributed by atoms with van der Waals surface area (Å²) >= 11 is 0. The largest absolute Gasteiger partial charge is 0.381 e. The van der Waals surface area contributed by atoms with Crippen molar-refractivity contribution in [3.8, 4) is 0 Å². The maximum Gasteiger partial charge on any atom is 0.126 e. The van der Waals surface area contributed by atoms with E-state index in [-0.39, 0.29) is 5.41 Å². The zero-order valence-electron chi connectivity index (χ0n) is 9.71. The third kappa shape index (κ3) is 2.25. The molecule has 2 unspecified atom stereocenters. The molecule has 1 heterocycles. The van der Waals surface area contributed by atoms with Gasteiger partial charge in [-0.3, -0.25) is 0 Å². The van der Waals surface area contributed by atoms with Crippen LogP contribution in [0.5, 0.6) is 0 Å². The van der Waals surface area contributed by atoms with E-state index >= 15 is 0 Å². The molecule has 1 aliphatic carbocycles. The Hall–Kier alpha value is -0.370. The van der Waals surface area contributed by atoms with E-state index in [9.17, 15) is 4.79 Å². The zero-order chi connectivity index (χ0) is 10.7. The lowest BCUT2D eigenvalue weighted by molar-refractivity contribution is -0.119. The topological polar surface area (TPSA) is 26.3 Å². The first kappa shape index (κ1) is 11.1. The third-order valence-corrected chi connectivity index (χ3v) is 4.51. The Balaban J connectivity index is 1.97. The van der Waals surface area contributed by atoms with Crippen LogP contribution in [0.4, 0.5) is 0 Å². The maximum atomic E-state index is 11.4. The molecule has 0 aromatic heterocycles. The molecule has 2 atom stereocenters. The molecule has 0 aromatic rings. The van der Waals surface area contributed by atoms with E-state index in [0.717, 1.165) is 44.8 Å². The van der Waals surface area contributed by atoms with Crippen molar-refractivity contribution in [3.63, 3.8) is 0 Å². The summed E-state index contributed by atoms with van der Waals surface area (Å²) < 4.78 is 5.37. The van der Waals surface area contributed by atoms with Crippen molar-refractivity contribution in [2.24, 2.45) is 17.3 Å². The molecule has 0 bridgehead atoms. The number of rotatable bonds is 3. The van der Waals surface area contributed by atoms with E-state index in [1.165, 1.54) is 19.1 Å². The van der Waals surface area contributed by atoms with E-state index in [4.69, 9.17) is 4.74 Å². The highest BCUT2D eigenvalue weighted by atomic mass is 16.5. The number of aldehydes is 1. The summed E-state index contributed by atoms with van der Waals surface area (Å²) in [5.74, 6) is 1.32. The lowest BCUT2D eigenvalue weighted by atomic mass is 9.72. The van der Waals surface area contributed by atoms with Crippen LogP contribution in [-0.2, 0) is 9.53 Å². The highest BCUT2D eigenvalue weighted by Crippen LogP contribution is 2.47. The molecule has 86 valence electrons. The second kappa shape index (κ2) is 4.65. The molecular formula is C13H22O2. The van der Waals surface area contributed by atoms with Crippen LogP contribution in [0.3, 0.4) is 0 Å². The fourth-order valence-corrected chi connectivity index (χ4v) is 3.29. The van der Waals surface area contributed by atoms with Crippen molar-refractivity contribution in [1.82, 2.24) is 0 Å². The number of hydrogen-bond acceptors (Lipinski definition) is 2. The molecule has 2 fully saturated rings. The normalized spacial score (nSPS) is 38.1. The van der Waals surface area contributed by atoms with Gasteiger partial charge in [0.05, 0.1) is 0 Å². The molecule has 0 aromatic carbocycles. The minimum Gasteiger partial charge on any atom is -0.381 e. The van der Waals surface area contributed by atoms with Crippen LogP contribution < -0.4 is 0 Å². The van der Waals surface area contributed by atoms with Gasteiger partial charge in [0.25, 0.3) is 0 Å². The van der Waals surface area contributed by atoms with E-state index in [1.807, 2.05) is 0 Å². The van der Waals surface area contributed by atoms with Gasteiger partial charge in [0.1, 0.15) is 6.29 Å². The Morgan fingerprint density at radius 2 is 2.07 bits per heavy atom. The molecule has 0 N–H and O–H groups in total. The molecule has 2 nitrogen and oxygen atoms in total. The van der Waals surface area contributed by atoms with Gasteiger partial charge in [-0.1, -0.05) is 13.3 Å². The van der Waals surface area contributed by atoms with Gasteiger partial charge < -0.3 is 9.53 Å². The van der Waals surface area contributed by atoms with Crippen molar-refractivity contribution in [3.05, 3.63) is 0 Å². The monoisotopic (exact) mass is 210 g/mol. The van der Waals surface area contributed by atoms with Gasteiger partial charge in [-0.25, -0.2) is 0 Å². The summed E-state index contributed by atoms with van der Waals surface area (Å²) in [7, 11) is 0. The summed E-state index contributed by atoms with van der Waals surface area (Å²) in [4.78, 5) is 11.4. The lowest BCUT2D eigenvalue weighted by Crippen LogP contribution is -2.30. The van der Waals surface area contributed by atoms with Crippen LogP contribution in [0.1, 0.15) is 45.4 Å². The Morgan fingerprint density at radius 3 is 2.60 bits per heavy atom. The van der Waals surface area contributed by atoms with Crippen molar-refractivity contribution < 1.29 is 9.53 Å². The predicted octanol–water partition coefficient (Wildman–Crippen LogP) is 2.81. The first-order chi connectivity index (χ1) is 7.27. The summed E-state index contributed by atoms with van der Waals surface area (Å²) in [6.45, 7) is 4.04. The SMILES string of the molecule is CC1CCCC1(C=O)CC1CCOCC1. The van der Waals surface area contributed by atoms with E-state index in [2.05, 4.69) is 6.92 Å². The van der Waals surface area contributed by atoms with Gasteiger partial charge in [-0.15, -0.1) is 0 Å². The summed E-state index contributed by atoms with van der Waals surface area (Å²) in [6.07, 6.45) is 8.28. The molecule has 1 saturated heterocycles. The molecule has 2 heteroatoms. The zero-order valence-corrected chi connectivity index (χ0v) is 9.71. The Bertz CT molecular complexity index is 221. The molecular weight excluding hydrogens is 188 g/mol. The molecule has 1 saturated carbocycles. The van der Waals surface area contributed by atoms with Crippen LogP contribution in [-0.4, -0.2) is 19.5 Å². The molecule has 2 aliphatic rings. The van der Waals surface area contributed by atoms with Crippen LogP contribution in [0.2, 0.25) is 0 Å². The molecule has 15 heavy (non-hydrogen) atoms. The van der Waals surface area contributed by atoms with Crippen molar-refractivity contribution >= 4 is 6.29 Å². The molecule has 0 spiro atoms. The number of carbonyl (C=O) groups excluding carboxylic acids is 1. The quantitative estimate of drug-likeness (QED) is 0.669. The summed E-state index contributed by atoms with van der Waals surface area (Å²) in [5, 5.41) is 0. The van der Waals surface area contributed by atoms with Crippen molar-refractivity contribution in [2.75, 3.05) is 13.2 Å². The third-order valence-electron chi connectivity index (χ3n) is 4.51. The highest BCUT2D eigenvalue weighted by molar-refractivity contribution is 5.60. The number of carbonyl (C=O) groups is 1. The van der Waals surface area contributed by atoms with Crippen LogP contribution in [0.25, 0.3) is 0 Å². The smallest absolute Gasteiger partial charge is 0.126 e. The van der Waals surface area contributed by atoms with Crippen LogP contribution in [0.15, 0.2) is 0 Å². The van der Waals surface area contributed by atoms with Crippen LogP contribution in [0, 0.1) is 17.3 Å². The molecule has 2 rings (SSSR count). The van der Waals surface area contributed by atoms with Crippen molar-refractivity contribution in [2.45, 2.75) is 45.4 Å². The average molecular weight is 210 g/mol. The minimum absolute atomic E-state index is 0.0159. The lowest BCUT2D eigenvalue weighted by Gasteiger charge is -2.33. The maximum absolute atomic E-state index is 11.4. The molecule has 0 amide bonds. The fraction of sp³-hybridized carbons (Fsp3) is 0.923. The second-order valence-electron chi connectivity index (χ2n) is 5.40. The van der Waals surface area contributed by atoms with Gasteiger partial charge in [0, 0.05) is 18.6 Å². The van der Waals surface area contributed by atoms with E-state index in [1.54, 1.807) is 0 Å². The van der Waals surface area contributed by atoms with Crippen molar-refractivity contribution in [1.29, 1.82) is 0 Å². The Kier molecular flexibility index (Phi) is 3.45. The Morgan fingerprint density at radius 1 is 1.33 bits per heavy atom. The predicted molar refractivity (Wildman–Crippen MR) is 59.7 cm³/mol. The summed E-state index contributed by atoms with van der Waals surface area (Å²) in [6, 6.07) is 0. The molecule has 0 radical (unpaired) electrons. The van der Waals surface area contributed by atoms with E-state index < -0.39 is 0 Å². The average Bonchev–Trinajstić information content (AvgIpc) is 2.62.